The summed E-state index contributed by atoms with van der Waals surface area (Å²) >= 11 is 1.71. The Hall–Kier alpha value is -2.94. The number of aromatic nitrogens is 1. The molecule has 1 aliphatic rings. The van der Waals surface area contributed by atoms with Crippen molar-refractivity contribution in [3.8, 4) is 16.2 Å². The fraction of sp³-hybridized carbons (Fsp3) is 0.273. The van der Waals surface area contributed by atoms with Crippen LogP contribution in [-0.2, 0) is 11.3 Å². The Kier molecular flexibility index (Phi) is 6.27. The van der Waals surface area contributed by atoms with Gasteiger partial charge in [0.25, 0.3) is 5.91 Å². The molecule has 0 atom stereocenters. The maximum Gasteiger partial charge on any atom is 0.259 e. The monoisotopic (exact) mass is 424 g/mol. The molecule has 1 aromatic carbocycles. The summed E-state index contributed by atoms with van der Waals surface area (Å²) in [5.74, 6) is 0.633. The smallest absolute Gasteiger partial charge is 0.259 e. The zero-order chi connectivity index (χ0) is 20.9. The van der Waals surface area contributed by atoms with E-state index >= 15 is 0 Å². The van der Waals surface area contributed by atoms with E-state index in [1.807, 2.05) is 0 Å². The van der Waals surface area contributed by atoms with Gasteiger partial charge in [0.1, 0.15) is 11.6 Å². The number of carbonyl (C=O) groups is 1. The number of nitrogens with one attached hydrogen (secondary N) is 1. The maximum atomic E-state index is 12.8. The van der Waals surface area contributed by atoms with Gasteiger partial charge in [-0.1, -0.05) is 0 Å². The summed E-state index contributed by atoms with van der Waals surface area (Å²) in [6.07, 6.45) is 1.71. The van der Waals surface area contributed by atoms with E-state index in [0.29, 0.717) is 11.3 Å². The van der Waals surface area contributed by atoms with Crippen LogP contribution in [0, 0.1) is 0 Å². The van der Waals surface area contributed by atoms with Gasteiger partial charge in [-0.3, -0.25) is 9.69 Å². The lowest BCUT2D eigenvalue weighted by Gasteiger charge is -2.25. The van der Waals surface area contributed by atoms with Gasteiger partial charge in [-0.25, -0.2) is 4.98 Å². The van der Waals surface area contributed by atoms with E-state index in [4.69, 9.17) is 15.2 Å². The van der Waals surface area contributed by atoms with Gasteiger partial charge >= 0.3 is 0 Å². The molecule has 3 N–H and O–H groups in total. The van der Waals surface area contributed by atoms with Crippen LogP contribution in [-0.4, -0.2) is 49.2 Å². The van der Waals surface area contributed by atoms with Crippen molar-refractivity contribution >= 4 is 28.7 Å². The van der Waals surface area contributed by atoms with E-state index in [2.05, 4.69) is 27.3 Å². The molecule has 0 bridgehead atoms. The van der Waals surface area contributed by atoms with Gasteiger partial charge in [-0.2, -0.15) is 0 Å². The van der Waals surface area contributed by atoms with E-state index in [-0.39, 0.29) is 11.7 Å². The first-order chi connectivity index (χ1) is 14.6. The van der Waals surface area contributed by atoms with Crippen molar-refractivity contribution < 1.29 is 14.3 Å². The first-order valence-electron chi connectivity index (χ1n) is 9.72. The number of anilines is 2. The first-order valence-corrected chi connectivity index (χ1v) is 10.5. The molecular formula is C22H24N4O3S. The van der Waals surface area contributed by atoms with Crippen LogP contribution in [0.4, 0.5) is 11.5 Å². The zero-order valence-electron chi connectivity index (χ0n) is 16.8. The zero-order valence-corrected chi connectivity index (χ0v) is 17.6. The fourth-order valence-corrected chi connectivity index (χ4v) is 4.29. The summed E-state index contributed by atoms with van der Waals surface area (Å²) < 4.78 is 10.6. The van der Waals surface area contributed by atoms with Gasteiger partial charge in [0, 0.05) is 46.8 Å². The Balaban J connectivity index is 1.49. The van der Waals surface area contributed by atoms with E-state index in [1.165, 1.54) is 4.88 Å². The molecule has 0 unspecified atom stereocenters. The van der Waals surface area contributed by atoms with Gasteiger partial charge < -0.3 is 20.5 Å². The molecule has 3 heterocycles. The summed E-state index contributed by atoms with van der Waals surface area (Å²) in [5.41, 5.74) is 7.88. The molecular weight excluding hydrogens is 400 g/mol. The Morgan fingerprint density at radius 1 is 1.23 bits per heavy atom. The van der Waals surface area contributed by atoms with Crippen LogP contribution in [0.2, 0.25) is 0 Å². The van der Waals surface area contributed by atoms with Crippen molar-refractivity contribution in [2.75, 3.05) is 44.5 Å². The summed E-state index contributed by atoms with van der Waals surface area (Å²) in [6.45, 7) is 4.37. The minimum absolute atomic E-state index is 0.204. The number of hydrogen-bond donors (Lipinski definition) is 2. The van der Waals surface area contributed by atoms with Crippen molar-refractivity contribution in [3.63, 3.8) is 0 Å². The molecule has 0 saturated carbocycles. The number of hydrogen-bond acceptors (Lipinski definition) is 7. The van der Waals surface area contributed by atoms with Crippen LogP contribution >= 0.6 is 11.3 Å². The fourth-order valence-electron chi connectivity index (χ4n) is 3.26. The second-order valence-electron chi connectivity index (χ2n) is 6.99. The number of pyridine rings is 1. The average Bonchev–Trinajstić information content (AvgIpc) is 3.23. The molecule has 1 saturated heterocycles. The number of morpholine rings is 1. The molecule has 0 aliphatic carbocycles. The Labute approximate surface area is 179 Å². The van der Waals surface area contributed by atoms with Crippen molar-refractivity contribution in [3.05, 3.63) is 59.1 Å². The third-order valence-corrected chi connectivity index (χ3v) is 6.06. The highest BCUT2D eigenvalue weighted by Crippen LogP contribution is 2.30. The van der Waals surface area contributed by atoms with Gasteiger partial charge in [0.15, 0.2) is 0 Å². The number of nitrogen functional groups attached to an aromatic ring is 1. The van der Waals surface area contributed by atoms with Crippen molar-refractivity contribution in [2.45, 2.75) is 6.54 Å². The molecule has 156 valence electrons. The molecule has 2 aromatic heterocycles. The predicted octanol–water partition coefficient (Wildman–Crippen LogP) is 3.49. The quantitative estimate of drug-likeness (QED) is 0.630. The number of ether oxygens (including phenoxy) is 2. The number of carbonyl (C=O) groups excluding carboxylic acids is 1. The summed E-state index contributed by atoms with van der Waals surface area (Å²) in [5, 5.41) is 2.86. The lowest BCUT2D eigenvalue weighted by molar-refractivity contribution is 0.0346. The lowest BCUT2D eigenvalue weighted by Crippen LogP contribution is -2.35. The number of nitrogens with two attached hydrogens (primary N) is 1. The van der Waals surface area contributed by atoms with Crippen LogP contribution in [0.15, 0.2) is 48.7 Å². The van der Waals surface area contributed by atoms with Crippen LogP contribution in [0.3, 0.4) is 0 Å². The van der Waals surface area contributed by atoms with Gasteiger partial charge in [0.05, 0.1) is 25.9 Å². The number of rotatable bonds is 6. The van der Waals surface area contributed by atoms with Crippen molar-refractivity contribution in [1.82, 2.24) is 9.88 Å². The van der Waals surface area contributed by atoms with E-state index in [9.17, 15) is 4.79 Å². The van der Waals surface area contributed by atoms with E-state index in [0.717, 1.165) is 49.0 Å². The normalized spacial score (nSPS) is 14.4. The predicted molar refractivity (Wildman–Crippen MR) is 119 cm³/mol. The molecule has 1 fully saturated rings. The Bertz CT molecular complexity index is 1010. The third-order valence-electron chi connectivity index (χ3n) is 4.94. The minimum atomic E-state index is -0.294. The number of benzene rings is 1. The molecule has 0 radical (unpaired) electrons. The topological polar surface area (TPSA) is 89.7 Å². The van der Waals surface area contributed by atoms with Crippen LogP contribution in [0.5, 0.6) is 5.75 Å². The van der Waals surface area contributed by atoms with E-state index in [1.54, 1.807) is 55.0 Å². The highest BCUT2D eigenvalue weighted by Gasteiger charge is 2.16. The molecule has 0 spiro atoms. The standard InChI is InChI=1S/C22H24N4O3S/c1-28-17-4-2-16(3-5-17)25-22(27)19-12-15(13-24-21(19)23)20-7-6-18(30-20)14-26-8-10-29-11-9-26/h2-7,12-13H,8-11,14H2,1H3,(H2,23,24)(H,25,27). The van der Waals surface area contributed by atoms with Crippen molar-refractivity contribution in [2.24, 2.45) is 0 Å². The molecule has 8 heteroatoms. The summed E-state index contributed by atoms with van der Waals surface area (Å²) in [7, 11) is 1.60. The SMILES string of the molecule is COc1ccc(NC(=O)c2cc(-c3ccc(CN4CCOCC4)s3)cnc2N)cc1. The Morgan fingerprint density at radius 3 is 2.73 bits per heavy atom. The van der Waals surface area contributed by atoms with Crippen LogP contribution < -0.4 is 15.8 Å². The molecule has 7 nitrogen and oxygen atoms in total. The van der Waals surface area contributed by atoms with Crippen molar-refractivity contribution in [1.29, 1.82) is 0 Å². The van der Waals surface area contributed by atoms with Crippen LogP contribution in [0.1, 0.15) is 15.2 Å². The largest absolute Gasteiger partial charge is 0.497 e. The second kappa shape index (κ2) is 9.25. The highest BCUT2D eigenvalue weighted by molar-refractivity contribution is 7.15. The van der Waals surface area contributed by atoms with Gasteiger partial charge in [-0.15, -0.1) is 11.3 Å². The summed E-state index contributed by atoms with van der Waals surface area (Å²) in [4.78, 5) is 21.7. The van der Waals surface area contributed by atoms with Gasteiger partial charge in [0.2, 0.25) is 0 Å². The third kappa shape index (κ3) is 4.79. The summed E-state index contributed by atoms with van der Waals surface area (Å²) in [6, 6.07) is 13.1. The van der Waals surface area contributed by atoms with Crippen LogP contribution in [0.25, 0.3) is 10.4 Å². The first kappa shape index (κ1) is 20.3. The molecule has 1 aliphatic heterocycles. The number of amides is 1. The molecule has 4 rings (SSSR count). The highest BCUT2D eigenvalue weighted by atomic mass is 32.1. The minimum Gasteiger partial charge on any atom is -0.497 e. The van der Waals surface area contributed by atoms with Gasteiger partial charge in [-0.05, 0) is 42.5 Å². The Morgan fingerprint density at radius 2 is 2.00 bits per heavy atom. The van der Waals surface area contributed by atoms with E-state index < -0.39 is 0 Å². The maximum absolute atomic E-state index is 12.8. The molecule has 30 heavy (non-hydrogen) atoms. The molecule has 1 amide bonds. The number of nitrogens with zero attached hydrogens (tertiary/aromatic N) is 2. The number of thiophene rings is 1. The average molecular weight is 425 g/mol. The number of methoxy groups -OCH3 is 1. The lowest BCUT2D eigenvalue weighted by atomic mass is 10.1. The second-order valence-corrected chi connectivity index (χ2v) is 8.16. The molecule has 3 aromatic rings.